The van der Waals surface area contributed by atoms with Gasteiger partial charge in [0.1, 0.15) is 13.3 Å². The number of urea groups is 1. The molecule has 0 radical (unpaired) electrons. The number of carbonyl (C=O) groups is 1. The third-order valence-corrected chi connectivity index (χ3v) is 5.34. The minimum absolute atomic E-state index is 0.101. The highest BCUT2D eigenvalue weighted by Gasteiger charge is 2.45. The van der Waals surface area contributed by atoms with Gasteiger partial charge in [0.25, 0.3) is 0 Å². The minimum atomic E-state index is -5.05. The number of para-hydroxylation sites is 1. The Morgan fingerprint density at radius 2 is 1.97 bits per heavy atom. The summed E-state index contributed by atoms with van der Waals surface area (Å²) in [6.45, 7) is -2.64. The number of hydrogen-bond acceptors (Lipinski definition) is 4. The van der Waals surface area contributed by atoms with Gasteiger partial charge in [0, 0.05) is 24.4 Å². The Balaban J connectivity index is 1.64. The number of anilines is 1. The summed E-state index contributed by atoms with van der Waals surface area (Å²) in [7, 11) is 1.74. The summed E-state index contributed by atoms with van der Waals surface area (Å²) in [5, 5.41) is 10.0. The van der Waals surface area contributed by atoms with Crippen LogP contribution < -0.4 is 20.1 Å². The fraction of sp³-hybridized carbons (Fsp3) is 0.333. The van der Waals surface area contributed by atoms with Crippen LogP contribution in [0.2, 0.25) is 0 Å². The van der Waals surface area contributed by atoms with Crippen LogP contribution in [0.1, 0.15) is 18.0 Å². The lowest BCUT2D eigenvalue weighted by atomic mass is 9.88. The Bertz CT molecular complexity index is 1180. The van der Waals surface area contributed by atoms with Crippen LogP contribution >= 0.6 is 0 Å². The van der Waals surface area contributed by atoms with E-state index in [1.807, 2.05) is 0 Å². The maximum absolute atomic E-state index is 13.8. The minimum Gasteiger partial charge on any atom is -0.477 e. The van der Waals surface area contributed by atoms with E-state index in [0.717, 1.165) is 11.6 Å². The summed E-state index contributed by atoms with van der Waals surface area (Å²) in [4.78, 5) is 12.8. The van der Waals surface area contributed by atoms with Crippen molar-refractivity contribution in [2.45, 2.75) is 24.4 Å². The van der Waals surface area contributed by atoms with Crippen LogP contribution in [-0.4, -0.2) is 41.1 Å². The van der Waals surface area contributed by atoms with Crippen molar-refractivity contribution in [3.05, 3.63) is 48.2 Å². The molecule has 3 aromatic rings. The van der Waals surface area contributed by atoms with E-state index in [-0.39, 0.29) is 12.0 Å². The monoisotopic (exact) mass is 470 g/mol. The fourth-order valence-corrected chi connectivity index (χ4v) is 3.79. The Morgan fingerprint density at radius 3 is 2.67 bits per heavy atom. The molecule has 1 aliphatic rings. The molecule has 1 aliphatic heterocycles. The van der Waals surface area contributed by atoms with E-state index in [1.165, 1.54) is 12.1 Å². The molecule has 4 rings (SSSR count). The van der Waals surface area contributed by atoms with Gasteiger partial charge in [-0.25, -0.2) is 13.6 Å². The summed E-state index contributed by atoms with van der Waals surface area (Å²) >= 11 is 0. The number of aromatic nitrogens is 2. The Kier molecular flexibility index (Phi) is 5.76. The standard InChI is InChI=1S/C21H19F5N4O3/c1-30-16-6-3-5-14(13(16)9-27-30)28-19(31)29-15-8-20(10-22,11-23)33-18-12(15)4-2-7-17(18)32-21(24,25)26/h2-7,9,15H,8,10-11H2,1H3,(H2,28,29,31)/t15-/m1/s1. The topological polar surface area (TPSA) is 77.4 Å². The molecule has 0 aliphatic carbocycles. The molecule has 1 atom stereocenters. The van der Waals surface area contributed by atoms with E-state index in [1.54, 1.807) is 36.1 Å². The number of carbonyl (C=O) groups excluding carboxylic acids is 1. The van der Waals surface area contributed by atoms with Crippen molar-refractivity contribution in [3.63, 3.8) is 0 Å². The molecular weight excluding hydrogens is 451 g/mol. The van der Waals surface area contributed by atoms with E-state index in [2.05, 4.69) is 20.5 Å². The van der Waals surface area contributed by atoms with Gasteiger partial charge in [-0.3, -0.25) is 4.68 Å². The average Bonchev–Trinajstić information content (AvgIpc) is 3.15. The summed E-state index contributed by atoms with van der Waals surface area (Å²) in [6.07, 6.45) is -3.83. The second-order valence-corrected chi connectivity index (χ2v) is 7.64. The van der Waals surface area contributed by atoms with Crippen LogP contribution in [0, 0.1) is 0 Å². The van der Waals surface area contributed by atoms with Crippen molar-refractivity contribution in [1.82, 2.24) is 15.1 Å². The molecule has 2 N–H and O–H groups in total. The molecule has 1 aromatic heterocycles. The molecule has 7 nitrogen and oxygen atoms in total. The van der Waals surface area contributed by atoms with E-state index in [9.17, 15) is 26.7 Å². The molecule has 0 bridgehead atoms. The summed E-state index contributed by atoms with van der Waals surface area (Å²) in [5.74, 6) is -1.23. The number of aryl methyl sites for hydroxylation is 1. The highest BCUT2D eigenvalue weighted by Crippen LogP contribution is 2.46. The predicted molar refractivity (Wildman–Crippen MR) is 109 cm³/mol. The fourth-order valence-electron chi connectivity index (χ4n) is 3.79. The van der Waals surface area contributed by atoms with Crippen LogP contribution in [0.25, 0.3) is 10.9 Å². The largest absolute Gasteiger partial charge is 0.573 e. The molecule has 2 aromatic carbocycles. The first-order chi connectivity index (χ1) is 15.6. The lowest BCUT2D eigenvalue weighted by Gasteiger charge is -2.39. The molecule has 2 heterocycles. The number of hydrogen-bond donors (Lipinski definition) is 2. The maximum atomic E-state index is 13.8. The van der Waals surface area contributed by atoms with Gasteiger partial charge in [0.15, 0.2) is 17.1 Å². The van der Waals surface area contributed by atoms with Crippen LogP contribution in [-0.2, 0) is 7.05 Å². The highest BCUT2D eigenvalue weighted by molar-refractivity contribution is 6.00. The molecule has 33 heavy (non-hydrogen) atoms. The first-order valence-electron chi connectivity index (χ1n) is 9.82. The van der Waals surface area contributed by atoms with Gasteiger partial charge in [0.2, 0.25) is 0 Å². The van der Waals surface area contributed by atoms with Crippen molar-refractivity contribution in [1.29, 1.82) is 0 Å². The number of rotatable bonds is 5. The molecular formula is C21H19F5N4O3. The lowest BCUT2D eigenvalue weighted by molar-refractivity contribution is -0.275. The summed E-state index contributed by atoms with van der Waals surface area (Å²) in [5.41, 5.74) is -0.780. The summed E-state index contributed by atoms with van der Waals surface area (Å²) in [6, 6.07) is 7.02. The van der Waals surface area contributed by atoms with E-state index >= 15 is 0 Å². The van der Waals surface area contributed by atoms with Gasteiger partial charge in [-0.15, -0.1) is 13.2 Å². The maximum Gasteiger partial charge on any atom is 0.573 e. The normalized spacial score (nSPS) is 17.2. The molecule has 0 unspecified atom stereocenters. The van der Waals surface area contributed by atoms with Crippen LogP contribution in [0.15, 0.2) is 42.6 Å². The van der Waals surface area contributed by atoms with Crippen molar-refractivity contribution in [2.24, 2.45) is 7.05 Å². The lowest BCUT2D eigenvalue weighted by Crippen LogP contribution is -2.49. The van der Waals surface area contributed by atoms with Gasteiger partial charge < -0.3 is 20.1 Å². The Hall–Kier alpha value is -3.57. The van der Waals surface area contributed by atoms with E-state index in [4.69, 9.17) is 4.74 Å². The zero-order chi connectivity index (χ0) is 23.8. The number of fused-ring (bicyclic) bond motifs is 2. The van der Waals surface area contributed by atoms with Crippen molar-refractivity contribution in [2.75, 3.05) is 18.7 Å². The Morgan fingerprint density at radius 1 is 1.24 bits per heavy atom. The van der Waals surface area contributed by atoms with E-state index < -0.39 is 48.9 Å². The van der Waals surface area contributed by atoms with E-state index in [0.29, 0.717) is 11.1 Å². The molecule has 12 heteroatoms. The molecule has 176 valence electrons. The highest BCUT2D eigenvalue weighted by atomic mass is 19.4. The third kappa shape index (κ3) is 4.50. The number of nitrogens with one attached hydrogen (secondary N) is 2. The zero-order valence-corrected chi connectivity index (χ0v) is 17.2. The van der Waals surface area contributed by atoms with Gasteiger partial charge >= 0.3 is 12.4 Å². The third-order valence-electron chi connectivity index (χ3n) is 5.34. The van der Waals surface area contributed by atoms with Crippen molar-refractivity contribution < 1.29 is 36.2 Å². The molecule has 0 fully saturated rings. The quantitative estimate of drug-likeness (QED) is 0.526. The summed E-state index contributed by atoms with van der Waals surface area (Å²) < 4.78 is 77.0. The SMILES string of the molecule is Cn1ncc2c(NC(=O)N[C@@H]3CC(CF)(CF)Oc4c(OC(F)(F)F)cccc43)cccc21. The average molecular weight is 470 g/mol. The number of benzene rings is 2. The van der Waals surface area contributed by atoms with Crippen molar-refractivity contribution >= 4 is 22.6 Å². The first kappa shape index (κ1) is 22.6. The smallest absolute Gasteiger partial charge is 0.477 e. The van der Waals surface area contributed by atoms with Crippen LogP contribution in [0.3, 0.4) is 0 Å². The number of ether oxygens (including phenoxy) is 2. The molecule has 2 amide bonds. The molecule has 0 saturated heterocycles. The van der Waals surface area contributed by atoms with Crippen LogP contribution in [0.5, 0.6) is 11.5 Å². The predicted octanol–water partition coefficient (Wildman–Crippen LogP) is 4.80. The van der Waals surface area contributed by atoms with Gasteiger partial charge in [-0.2, -0.15) is 5.10 Å². The van der Waals surface area contributed by atoms with Gasteiger partial charge in [-0.1, -0.05) is 18.2 Å². The number of alkyl halides is 5. The second-order valence-electron chi connectivity index (χ2n) is 7.64. The van der Waals surface area contributed by atoms with Crippen molar-refractivity contribution in [3.8, 4) is 11.5 Å². The van der Waals surface area contributed by atoms with Crippen LogP contribution in [0.4, 0.5) is 32.4 Å². The molecule has 0 spiro atoms. The van der Waals surface area contributed by atoms with Gasteiger partial charge in [-0.05, 0) is 18.2 Å². The number of amides is 2. The Labute approximate surface area is 184 Å². The molecule has 0 saturated carbocycles. The first-order valence-corrected chi connectivity index (χ1v) is 9.82. The van der Waals surface area contributed by atoms with Gasteiger partial charge in [0.05, 0.1) is 23.4 Å². The second kappa shape index (κ2) is 8.41. The number of halogens is 5. The zero-order valence-electron chi connectivity index (χ0n) is 17.2. The number of nitrogens with zero attached hydrogens (tertiary/aromatic N) is 2.